The Morgan fingerprint density at radius 3 is 1.49 bits per heavy atom. The molecule has 3 aromatic carbocycles. The summed E-state index contributed by atoms with van der Waals surface area (Å²) in [6.45, 7) is 5.83. The first kappa shape index (κ1) is 31.0. The highest BCUT2D eigenvalue weighted by molar-refractivity contribution is 7.89. The Labute approximate surface area is 255 Å². The molecular weight excluding hydrogens is 581 g/mol. The molecule has 1 aliphatic heterocycles. The fourth-order valence-corrected chi connectivity index (χ4v) is 8.04. The minimum Gasteiger partial charge on any atom is -0.317 e. The van der Waals surface area contributed by atoms with E-state index in [4.69, 9.17) is 4.98 Å². The van der Waals surface area contributed by atoms with Crippen LogP contribution in [-0.2, 0) is 33.1 Å². The maximum Gasteiger partial charge on any atom is 0.243 e. The maximum absolute atomic E-state index is 13.8. The highest BCUT2D eigenvalue weighted by Crippen LogP contribution is 2.26. The van der Waals surface area contributed by atoms with Crippen LogP contribution in [0.2, 0.25) is 0 Å². The van der Waals surface area contributed by atoms with Crippen molar-refractivity contribution in [1.29, 1.82) is 0 Å². The number of hydrogen-bond donors (Lipinski definition) is 1. The van der Waals surface area contributed by atoms with E-state index in [1.165, 1.54) is 8.61 Å². The van der Waals surface area contributed by atoms with Crippen LogP contribution in [0, 0.1) is 13.8 Å². The molecule has 0 saturated heterocycles. The summed E-state index contributed by atoms with van der Waals surface area (Å²) < 4.78 is 58.3. The Morgan fingerprint density at radius 1 is 0.605 bits per heavy atom. The largest absolute Gasteiger partial charge is 0.317 e. The topological polar surface area (TPSA) is 99.7 Å². The minimum atomic E-state index is -3.81. The molecule has 0 radical (unpaired) electrons. The predicted molar refractivity (Wildman–Crippen MR) is 169 cm³/mol. The molecule has 0 aliphatic carbocycles. The summed E-state index contributed by atoms with van der Waals surface area (Å²) in [6.07, 6.45) is 1.20. The van der Waals surface area contributed by atoms with Crippen LogP contribution < -0.4 is 5.32 Å². The Hall–Kier alpha value is -3.41. The van der Waals surface area contributed by atoms with Crippen LogP contribution in [0.5, 0.6) is 0 Å². The van der Waals surface area contributed by atoms with E-state index in [1.807, 2.05) is 56.3 Å². The van der Waals surface area contributed by atoms with Gasteiger partial charge in [-0.3, -0.25) is 4.98 Å². The number of benzene rings is 3. The van der Waals surface area contributed by atoms with E-state index < -0.39 is 20.0 Å². The smallest absolute Gasteiger partial charge is 0.243 e. The van der Waals surface area contributed by atoms with Gasteiger partial charge in [0.15, 0.2) is 0 Å². The molecule has 1 aromatic heterocycles. The SMILES string of the molecule is Cc1ccc(S(=O)(=O)N2CCCNCCCN(S(=O)(=O)c3ccc(C)cc3)Cc3cc(-c4ccccc4)cc(n3)C2)cc1. The van der Waals surface area contributed by atoms with Crippen LogP contribution in [0.3, 0.4) is 0 Å². The van der Waals surface area contributed by atoms with Crippen molar-refractivity contribution >= 4 is 20.0 Å². The average Bonchev–Trinajstić information content (AvgIpc) is 2.99. The second-order valence-electron chi connectivity index (χ2n) is 11.0. The third-order valence-electron chi connectivity index (χ3n) is 7.55. The van der Waals surface area contributed by atoms with Gasteiger partial charge in [0.25, 0.3) is 0 Å². The highest BCUT2D eigenvalue weighted by atomic mass is 32.2. The highest BCUT2D eigenvalue weighted by Gasteiger charge is 2.28. The zero-order chi connectivity index (χ0) is 30.5. The molecular formula is C33H38N4O4S2. The number of aryl methyl sites for hydroxylation is 2. The quantitative estimate of drug-likeness (QED) is 0.333. The van der Waals surface area contributed by atoms with E-state index in [0.717, 1.165) is 22.3 Å². The molecule has 1 aliphatic rings. The van der Waals surface area contributed by atoms with Gasteiger partial charge in [-0.2, -0.15) is 8.61 Å². The monoisotopic (exact) mass is 618 g/mol. The van der Waals surface area contributed by atoms with Crippen molar-refractivity contribution in [3.63, 3.8) is 0 Å². The van der Waals surface area contributed by atoms with Gasteiger partial charge in [-0.1, -0.05) is 65.7 Å². The normalized spacial score (nSPS) is 16.4. The molecule has 8 nitrogen and oxygen atoms in total. The van der Waals surface area contributed by atoms with Crippen LogP contribution in [-0.4, -0.2) is 56.6 Å². The van der Waals surface area contributed by atoms with Gasteiger partial charge >= 0.3 is 0 Å². The van der Waals surface area contributed by atoms with E-state index in [9.17, 15) is 16.8 Å². The lowest BCUT2D eigenvalue weighted by atomic mass is 10.0. The fraction of sp³-hybridized carbons (Fsp3) is 0.303. The summed E-state index contributed by atoms with van der Waals surface area (Å²) in [5.41, 5.74) is 4.88. The molecule has 5 rings (SSSR count). The molecule has 226 valence electrons. The molecule has 0 atom stereocenters. The van der Waals surface area contributed by atoms with Gasteiger partial charge in [-0.15, -0.1) is 0 Å². The summed E-state index contributed by atoms with van der Waals surface area (Å²) in [5.74, 6) is 0. The molecule has 1 N–H and O–H groups in total. The molecule has 0 unspecified atom stereocenters. The summed E-state index contributed by atoms with van der Waals surface area (Å²) in [4.78, 5) is 5.34. The lowest BCUT2D eigenvalue weighted by molar-refractivity contribution is 0.373. The molecule has 0 fully saturated rings. The van der Waals surface area contributed by atoms with Crippen LogP contribution >= 0.6 is 0 Å². The number of fused-ring (bicyclic) bond motifs is 2. The standard InChI is InChI=1S/C33H38N4O4S2/c1-26-10-14-32(15-11-26)42(38,39)36-20-6-18-34-19-7-21-37(43(40,41)33-16-12-27(2)13-17-33)25-31-23-29(22-30(24-36)35-31)28-8-4-3-5-9-28/h3-5,8-17,22-23,34H,6-7,18-21,24-25H2,1-2H3. The third-order valence-corrected chi connectivity index (χ3v) is 11.3. The molecule has 4 aromatic rings. The molecule has 0 saturated carbocycles. The van der Waals surface area contributed by atoms with Crippen LogP contribution in [0.4, 0.5) is 0 Å². The number of sulfonamides is 2. The van der Waals surface area contributed by atoms with Crippen LogP contribution in [0.1, 0.15) is 35.4 Å². The Balaban J connectivity index is 1.57. The Morgan fingerprint density at radius 2 is 1.05 bits per heavy atom. The summed E-state index contributed by atoms with van der Waals surface area (Å²) in [6, 6.07) is 27.3. The Bertz CT molecular complexity index is 1640. The van der Waals surface area contributed by atoms with Crippen molar-refractivity contribution in [3.8, 4) is 11.1 Å². The molecule has 0 spiro atoms. The number of nitrogens with zero attached hydrogens (tertiary/aromatic N) is 3. The zero-order valence-electron chi connectivity index (χ0n) is 24.6. The number of aromatic nitrogens is 1. The number of rotatable bonds is 5. The first-order valence-electron chi connectivity index (χ1n) is 14.5. The van der Waals surface area contributed by atoms with Crippen molar-refractivity contribution in [2.24, 2.45) is 0 Å². The van der Waals surface area contributed by atoms with Gasteiger partial charge in [0.1, 0.15) is 0 Å². The number of hydrogen-bond acceptors (Lipinski definition) is 6. The summed E-state index contributed by atoms with van der Waals surface area (Å²) in [5, 5.41) is 3.36. The zero-order valence-corrected chi connectivity index (χ0v) is 26.2. The molecule has 10 heteroatoms. The number of pyridine rings is 1. The molecule has 2 heterocycles. The molecule has 2 bridgehead atoms. The lowest BCUT2D eigenvalue weighted by Crippen LogP contribution is -2.36. The van der Waals surface area contributed by atoms with Gasteiger partial charge in [-0.25, -0.2) is 16.8 Å². The number of nitrogens with one attached hydrogen (secondary N) is 1. The third kappa shape index (κ3) is 7.57. The van der Waals surface area contributed by atoms with E-state index in [0.29, 0.717) is 50.4 Å². The van der Waals surface area contributed by atoms with Crippen molar-refractivity contribution in [2.45, 2.75) is 49.6 Å². The van der Waals surface area contributed by atoms with Crippen LogP contribution in [0.25, 0.3) is 11.1 Å². The fourth-order valence-electron chi connectivity index (χ4n) is 5.14. The Kier molecular flexibility index (Phi) is 9.73. The van der Waals surface area contributed by atoms with Crippen molar-refractivity contribution in [3.05, 3.63) is 114 Å². The first-order valence-corrected chi connectivity index (χ1v) is 17.4. The average molecular weight is 619 g/mol. The van der Waals surface area contributed by atoms with E-state index >= 15 is 0 Å². The van der Waals surface area contributed by atoms with Gasteiger partial charge in [0.05, 0.1) is 34.3 Å². The van der Waals surface area contributed by atoms with Crippen molar-refractivity contribution < 1.29 is 16.8 Å². The molecule has 0 amide bonds. The van der Waals surface area contributed by atoms with E-state index in [1.54, 1.807) is 48.5 Å². The summed E-state index contributed by atoms with van der Waals surface area (Å²) >= 11 is 0. The minimum absolute atomic E-state index is 0.0641. The van der Waals surface area contributed by atoms with Gasteiger partial charge in [0.2, 0.25) is 20.0 Å². The maximum atomic E-state index is 13.8. The van der Waals surface area contributed by atoms with Gasteiger partial charge in [-0.05, 0) is 87.3 Å². The van der Waals surface area contributed by atoms with Gasteiger partial charge in [0, 0.05) is 13.1 Å². The van der Waals surface area contributed by atoms with E-state index in [2.05, 4.69) is 5.32 Å². The van der Waals surface area contributed by atoms with Crippen molar-refractivity contribution in [2.75, 3.05) is 26.2 Å². The lowest BCUT2D eigenvalue weighted by Gasteiger charge is -2.25. The van der Waals surface area contributed by atoms with Gasteiger partial charge < -0.3 is 5.32 Å². The first-order chi connectivity index (χ1) is 20.6. The van der Waals surface area contributed by atoms with Crippen LogP contribution in [0.15, 0.2) is 101 Å². The predicted octanol–water partition coefficient (Wildman–Crippen LogP) is 5.13. The molecule has 43 heavy (non-hydrogen) atoms. The van der Waals surface area contributed by atoms with E-state index in [-0.39, 0.29) is 22.9 Å². The second kappa shape index (κ2) is 13.5. The second-order valence-corrected chi connectivity index (χ2v) is 14.8. The summed E-state index contributed by atoms with van der Waals surface area (Å²) in [7, 11) is -7.61. The van der Waals surface area contributed by atoms with Crippen molar-refractivity contribution in [1.82, 2.24) is 18.9 Å².